The summed E-state index contributed by atoms with van der Waals surface area (Å²) in [6.45, 7) is 0. The molecule has 0 aromatic carbocycles. The third kappa shape index (κ3) is 43.2. The molecule has 5 heavy (non-hydrogen) atoms. The van der Waals surface area contributed by atoms with E-state index >= 15 is 0 Å². The molecule has 0 spiro atoms. The number of hydrogen-bond donors (Lipinski definition) is 0. The van der Waals surface area contributed by atoms with Crippen LogP contribution in [0, 0.1) is 10.1 Å². The monoisotopic (exact) mass is 101 g/mol. The van der Waals surface area contributed by atoms with E-state index < -0.39 is 4.92 Å². The molecule has 0 saturated heterocycles. The van der Waals surface area contributed by atoms with E-state index in [9.17, 15) is 0 Å². The maximum Gasteiger partial charge on any atom is 1.00 e. The first-order valence-electron chi connectivity index (χ1n) is 0.812. The molecular formula is CH4KNO2. The first kappa shape index (κ1) is 9.40. The molecule has 0 aliphatic heterocycles. The first-order chi connectivity index (χ1) is 1.73. The van der Waals surface area contributed by atoms with Gasteiger partial charge in [0, 0.05) is 4.92 Å². The maximum absolute atomic E-state index is 8.81. The van der Waals surface area contributed by atoms with Crippen molar-refractivity contribution in [1.29, 1.82) is 0 Å². The molecule has 0 bridgehead atoms. The molecule has 0 heterocycles. The van der Waals surface area contributed by atoms with Crippen LogP contribution in [-0.4, -0.2) is 12.0 Å². The Balaban J connectivity index is -0.0000000450. The fourth-order valence-electron chi connectivity index (χ4n) is 0. The van der Waals surface area contributed by atoms with Crippen molar-refractivity contribution < 1.29 is 57.7 Å². The van der Waals surface area contributed by atoms with Gasteiger partial charge in [-0.2, -0.15) is 0 Å². The van der Waals surface area contributed by atoms with Gasteiger partial charge >= 0.3 is 51.4 Å². The van der Waals surface area contributed by atoms with Gasteiger partial charge in [-0.25, -0.2) is 0 Å². The summed E-state index contributed by atoms with van der Waals surface area (Å²) in [7, 11) is 0.889. The van der Waals surface area contributed by atoms with Crippen LogP contribution in [0.3, 0.4) is 0 Å². The molecule has 0 aromatic heterocycles. The quantitative estimate of drug-likeness (QED) is 0.185. The van der Waals surface area contributed by atoms with E-state index in [1.165, 1.54) is 0 Å². The summed E-state index contributed by atoms with van der Waals surface area (Å²) in [6, 6.07) is 0. The SMILES string of the molecule is C[N+](=O)[O-].[H-].[K+]. The van der Waals surface area contributed by atoms with Crippen molar-refractivity contribution in [2.75, 3.05) is 7.05 Å². The Morgan fingerprint density at radius 1 is 2.00 bits per heavy atom. The average molecular weight is 101 g/mol. The Labute approximate surface area is 73.8 Å². The Bertz CT molecular complexity index is 36.5. The van der Waals surface area contributed by atoms with Gasteiger partial charge in [0.25, 0.3) is 0 Å². The van der Waals surface area contributed by atoms with Crippen LogP contribution < -0.4 is 51.4 Å². The molecule has 0 N–H and O–H groups in total. The van der Waals surface area contributed by atoms with E-state index in [1.807, 2.05) is 0 Å². The predicted molar refractivity (Wildman–Crippen MR) is 14.0 cm³/mol. The van der Waals surface area contributed by atoms with Gasteiger partial charge in [0.15, 0.2) is 7.05 Å². The molecule has 0 amide bonds. The fourth-order valence-corrected chi connectivity index (χ4v) is 0. The second-order valence-corrected chi connectivity index (χ2v) is 0.440. The molecule has 0 saturated carbocycles. The maximum atomic E-state index is 8.81. The van der Waals surface area contributed by atoms with Gasteiger partial charge in [0.2, 0.25) is 0 Å². The summed E-state index contributed by atoms with van der Waals surface area (Å²) in [5.74, 6) is 0. The van der Waals surface area contributed by atoms with E-state index in [1.54, 1.807) is 0 Å². The topological polar surface area (TPSA) is 43.1 Å². The molecule has 4 heteroatoms. The van der Waals surface area contributed by atoms with Crippen LogP contribution in [0.15, 0.2) is 0 Å². The predicted octanol–water partition coefficient (Wildman–Crippen LogP) is -2.99. The minimum atomic E-state index is -0.500. The van der Waals surface area contributed by atoms with E-state index in [-0.39, 0.29) is 52.8 Å². The van der Waals surface area contributed by atoms with Crippen LogP contribution in [0.25, 0.3) is 0 Å². The van der Waals surface area contributed by atoms with Crippen LogP contribution >= 0.6 is 0 Å². The molecule has 0 aliphatic carbocycles. The zero-order chi connectivity index (χ0) is 3.58. The van der Waals surface area contributed by atoms with Crippen molar-refractivity contribution >= 4 is 0 Å². The Morgan fingerprint density at radius 3 is 2.00 bits per heavy atom. The van der Waals surface area contributed by atoms with Gasteiger partial charge < -0.3 is 1.43 Å². The fraction of sp³-hybridized carbons (Fsp3) is 1.00. The molecule has 26 valence electrons. The molecule has 0 atom stereocenters. The Morgan fingerprint density at radius 2 is 2.00 bits per heavy atom. The van der Waals surface area contributed by atoms with Gasteiger partial charge in [0.1, 0.15) is 0 Å². The summed E-state index contributed by atoms with van der Waals surface area (Å²) in [6.07, 6.45) is 0. The van der Waals surface area contributed by atoms with Crippen LogP contribution in [-0.2, 0) is 0 Å². The summed E-state index contributed by atoms with van der Waals surface area (Å²) < 4.78 is 0. The van der Waals surface area contributed by atoms with E-state index in [2.05, 4.69) is 0 Å². The Hall–Kier alpha value is 1.04. The van der Waals surface area contributed by atoms with E-state index in [0.29, 0.717) is 0 Å². The van der Waals surface area contributed by atoms with Gasteiger partial charge in [0.05, 0.1) is 0 Å². The van der Waals surface area contributed by atoms with Crippen LogP contribution in [0.2, 0.25) is 0 Å². The summed E-state index contributed by atoms with van der Waals surface area (Å²) in [5.41, 5.74) is 0. The van der Waals surface area contributed by atoms with Gasteiger partial charge in [-0.3, -0.25) is 10.1 Å². The zero-order valence-electron chi connectivity index (χ0n) is 4.26. The molecule has 0 fully saturated rings. The average Bonchev–Trinajstić information content (AvgIpc) is 0.811. The first-order valence-corrected chi connectivity index (χ1v) is 0.812. The molecule has 0 rings (SSSR count). The summed E-state index contributed by atoms with van der Waals surface area (Å²) in [5, 5.41) is 8.81. The molecule has 0 unspecified atom stereocenters. The van der Waals surface area contributed by atoms with Crippen LogP contribution in [0.1, 0.15) is 1.43 Å². The zero-order valence-corrected chi connectivity index (χ0v) is 6.39. The number of nitrogens with zero attached hydrogens (tertiary/aromatic N) is 1. The summed E-state index contributed by atoms with van der Waals surface area (Å²) >= 11 is 0. The van der Waals surface area contributed by atoms with E-state index in [4.69, 9.17) is 10.1 Å². The third-order valence-corrected chi connectivity index (χ3v) is 0. The second-order valence-electron chi connectivity index (χ2n) is 0.440. The molecule has 3 nitrogen and oxygen atoms in total. The number of nitro groups is 1. The largest absolute Gasteiger partial charge is 1.00 e. The van der Waals surface area contributed by atoms with Crippen LogP contribution in [0.5, 0.6) is 0 Å². The van der Waals surface area contributed by atoms with Crippen molar-refractivity contribution in [3.63, 3.8) is 0 Å². The summed E-state index contributed by atoms with van der Waals surface area (Å²) in [4.78, 5) is 8.31. The van der Waals surface area contributed by atoms with Gasteiger partial charge in [-0.1, -0.05) is 0 Å². The van der Waals surface area contributed by atoms with Gasteiger partial charge in [-0.15, -0.1) is 0 Å². The van der Waals surface area contributed by atoms with Crippen molar-refractivity contribution in [3.8, 4) is 0 Å². The minimum absolute atomic E-state index is 0. The molecule has 0 aromatic rings. The smallest absolute Gasteiger partial charge is 1.00 e. The normalized spacial score (nSPS) is 5.00. The number of rotatable bonds is 0. The minimum Gasteiger partial charge on any atom is -1.00 e. The second kappa shape index (κ2) is 5.04. The van der Waals surface area contributed by atoms with Crippen molar-refractivity contribution in [2.45, 2.75) is 0 Å². The van der Waals surface area contributed by atoms with Crippen molar-refractivity contribution in [2.24, 2.45) is 0 Å². The van der Waals surface area contributed by atoms with Crippen LogP contribution in [0.4, 0.5) is 0 Å². The van der Waals surface area contributed by atoms with Gasteiger partial charge in [-0.05, 0) is 0 Å². The molecule has 0 radical (unpaired) electrons. The molecular weight excluding hydrogens is 97.1 g/mol. The molecule has 0 aliphatic rings. The standard InChI is InChI=1S/CH3NO2.K.H/c1-2(3)4;;/h1H3;;/q;+1;-1. The third-order valence-electron chi connectivity index (χ3n) is 0. The van der Waals surface area contributed by atoms with Crippen molar-refractivity contribution in [3.05, 3.63) is 10.1 Å². The number of hydrogen-bond acceptors (Lipinski definition) is 2. The Kier molecular flexibility index (Phi) is 9.47. The van der Waals surface area contributed by atoms with E-state index in [0.717, 1.165) is 7.05 Å². The van der Waals surface area contributed by atoms with Crippen molar-refractivity contribution in [1.82, 2.24) is 0 Å².